The molecule has 6 heteroatoms. The number of phenolic OH excluding ortho intramolecular Hbond substituents is 1. The SMILES string of the molecule is CC(C)Cc1cc(-c2nc(-c3ccccc3O)nc3c2oc2ccccc23)cc(N(c2ccccn2)c2ccccc2-c2ccccc2)c1. The normalized spacial score (nSPS) is 11.4. The van der Waals surface area contributed by atoms with E-state index in [1.165, 1.54) is 0 Å². The Bertz CT molecular complexity index is 2420. The number of hydrogen-bond acceptors (Lipinski definition) is 6. The van der Waals surface area contributed by atoms with Crippen LogP contribution >= 0.6 is 0 Å². The van der Waals surface area contributed by atoms with Gasteiger partial charge in [0.1, 0.15) is 28.4 Å². The molecule has 3 heterocycles. The number of anilines is 3. The van der Waals surface area contributed by atoms with Gasteiger partial charge in [0.05, 0.1) is 11.3 Å². The highest BCUT2D eigenvalue weighted by Gasteiger charge is 2.23. The van der Waals surface area contributed by atoms with Gasteiger partial charge in [0, 0.05) is 28.4 Å². The molecule has 238 valence electrons. The van der Waals surface area contributed by atoms with Crippen molar-refractivity contribution >= 4 is 39.3 Å². The minimum Gasteiger partial charge on any atom is -0.507 e. The average molecular weight is 639 g/mol. The lowest BCUT2D eigenvalue weighted by Crippen LogP contribution is -2.13. The van der Waals surface area contributed by atoms with Crippen molar-refractivity contribution in [3.05, 3.63) is 151 Å². The number of benzene rings is 5. The number of aromatic hydroxyl groups is 1. The van der Waals surface area contributed by atoms with Crippen molar-refractivity contribution in [3.8, 4) is 39.5 Å². The Labute approximate surface area is 285 Å². The number of nitrogens with zero attached hydrogens (tertiary/aromatic N) is 4. The van der Waals surface area contributed by atoms with Crippen molar-refractivity contribution in [3.63, 3.8) is 0 Å². The third-order valence-electron chi connectivity index (χ3n) is 8.63. The number of phenols is 1. The fraction of sp³-hybridized carbons (Fsp3) is 0.0930. The third kappa shape index (κ3) is 5.78. The fourth-order valence-electron chi connectivity index (χ4n) is 6.51. The predicted molar refractivity (Wildman–Crippen MR) is 198 cm³/mol. The van der Waals surface area contributed by atoms with Crippen molar-refractivity contribution in [1.82, 2.24) is 15.0 Å². The van der Waals surface area contributed by atoms with Gasteiger partial charge in [-0.15, -0.1) is 0 Å². The predicted octanol–water partition coefficient (Wildman–Crippen LogP) is 11.1. The first-order chi connectivity index (χ1) is 24.0. The summed E-state index contributed by atoms with van der Waals surface area (Å²) in [6, 6.07) is 46.5. The summed E-state index contributed by atoms with van der Waals surface area (Å²) >= 11 is 0. The van der Waals surface area contributed by atoms with Crippen LogP contribution in [0.5, 0.6) is 5.75 Å². The van der Waals surface area contributed by atoms with Crippen LogP contribution in [0.25, 0.3) is 55.8 Å². The van der Waals surface area contributed by atoms with Gasteiger partial charge in [0.15, 0.2) is 11.4 Å². The molecule has 6 nitrogen and oxygen atoms in total. The van der Waals surface area contributed by atoms with E-state index in [4.69, 9.17) is 19.4 Å². The molecule has 0 saturated heterocycles. The molecule has 0 amide bonds. The summed E-state index contributed by atoms with van der Waals surface area (Å²) in [5, 5.41) is 11.8. The van der Waals surface area contributed by atoms with Crippen molar-refractivity contribution in [2.24, 2.45) is 5.92 Å². The molecule has 8 aromatic rings. The molecular weight excluding hydrogens is 604 g/mol. The molecular formula is C43H34N4O2. The van der Waals surface area contributed by atoms with Gasteiger partial charge >= 0.3 is 0 Å². The van der Waals surface area contributed by atoms with Crippen molar-refractivity contribution in [2.75, 3.05) is 4.90 Å². The molecule has 0 bridgehead atoms. The summed E-state index contributed by atoms with van der Waals surface area (Å²) < 4.78 is 6.51. The maximum absolute atomic E-state index is 10.9. The number of rotatable bonds is 8. The number of aromatic nitrogens is 3. The van der Waals surface area contributed by atoms with Gasteiger partial charge in [-0.1, -0.05) is 92.7 Å². The van der Waals surface area contributed by atoms with Gasteiger partial charge in [-0.3, -0.25) is 4.90 Å². The smallest absolute Gasteiger partial charge is 0.180 e. The second kappa shape index (κ2) is 12.7. The highest BCUT2D eigenvalue weighted by atomic mass is 16.3. The Morgan fingerprint density at radius 2 is 1.43 bits per heavy atom. The first-order valence-corrected chi connectivity index (χ1v) is 16.5. The van der Waals surface area contributed by atoms with E-state index in [-0.39, 0.29) is 5.75 Å². The van der Waals surface area contributed by atoms with E-state index in [9.17, 15) is 5.11 Å². The van der Waals surface area contributed by atoms with E-state index in [2.05, 4.69) is 85.5 Å². The molecule has 0 radical (unpaired) electrons. The summed E-state index contributed by atoms with van der Waals surface area (Å²) in [7, 11) is 0. The van der Waals surface area contributed by atoms with E-state index in [1.54, 1.807) is 12.1 Å². The first-order valence-electron chi connectivity index (χ1n) is 16.5. The summed E-state index contributed by atoms with van der Waals surface area (Å²) in [6.07, 6.45) is 2.69. The highest BCUT2D eigenvalue weighted by Crippen LogP contribution is 2.43. The Morgan fingerprint density at radius 1 is 0.694 bits per heavy atom. The highest BCUT2D eigenvalue weighted by molar-refractivity contribution is 6.07. The van der Waals surface area contributed by atoms with E-state index < -0.39 is 0 Å². The van der Waals surface area contributed by atoms with Gasteiger partial charge < -0.3 is 9.52 Å². The van der Waals surface area contributed by atoms with Crippen LogP contribution in [0.3, 0.4) is 0 Å². The van der Waals surface area contributed by atoms with Crippen LogP contribution in [0.4, 0.5) is 17.2 Å². The van der Waals surface area contributed by atoms with Crippen molar-refractivity contribution in [2.45, 2.75) is 20.3 Å². The minimum absolute atomic E-state index is 0.119. The zero-order valence-corrected chi connectivity index (χ0v) is 27.3. The molecule has 0 aliphatic carbocycles. The Morgan fingerprint density at radius 3 is 2.22 bits per heavy atom. The van der Waals surface area contributed by atoms with Gasteiger partial charge in [-0.25, -0.2) is 15.0 Å². The molecule has 0 aliphatic rings. The maximum Gasteiger partial charge on any atom is 0.180 e. The largest absolute Gasteiger partial charge is 0.507 e. The topological polar surface area (TPSA) is 75.3 Å². The number of pyridine rings is 1. The molecule has 5 aromatic carbocycles. The monoisotopic (exact) mass is 638 g/mol. The van der Waals surface area contributed by atoms with Crippen LogP contribution in [-0.4, -0.2) is 20.1 Å². The maximum atomic E-state index is 10.9. The third-order valence-corrected chi connectivity index (χ3v) is 8.63. The number of fused-ring (bicyclic) bond motifs is 3. The number of furan rings is 1. The molecule has 3 aromatic heterocycles. The van der Waals surface area contributed by atoms with E-state index >= 15 is 0 Å². The first kappa shape index (κ1) is 30.1. The van der Waals surface area contributed by atoms with Crippen LogP contribution in [-0.2, 0) is 6.42 Å². The molecule has 0 aliphatic heterocycles. The molecule has 0 fully saturated rings. The van der Waals surface area contributed by atoms with Gasteiger partial charge in [0.2, 0.25) is 0 Å². The van der Waals surface area contributed by atoms with Crippen LogP contribution in [0.15, 0.2) is 150 Å². The second-order valence-corrected chi connectivity index (χ2v) is 12.6. The van der Waals surface area contributed by atoms with Gasteiger partial charge in [-0.2, -0.15) is 0 Å². The zero-order valence-electron chi connectivity index (χ0n) is 27.3. The summed E-state index contributed by atoms with van der Waals surface area (Å²) in [4.78, 5) is 17.2. The number of para-hydroxylation sites is 3. The molecule has 0 saturated carbocycles. The zero-order chi connectivity index (χ0) is 33.3. The molecule has 1 N–H and O–H groups in total. The Hall–Kier alpha value is -6.27. The van der Waals surface area contributed by atoms with E-state index in [1.807, 2.05) is 66.9 Å². The lowest BCUT2D eigenvalue weighted by atomic mass is 9.97. The second-order valence-electron chi connectivity index (χ2n) is 12.6. The van der Waals surface area contributed by atoms with Crippen LogP contribution in [0, 0.1) is 5.92 Å². The van der Waals surface area contributed by atoms with Gasteiger partial charge in [-0.05, 0) is 84.1 Å². The summed E-state index contributed by atoms with van der Waals surface area (Å²) in [5.41, 5.74) is 9.44. The summed E-state index contributed by atoms with van der Waals surface area (Å²) in [5.74, 6) is 1.76. The quantitative estimate of drug-likeness (QED) is 0.178. The average Bonchev–Trinajstić information content (AvgIpc) is 3.51. The van der Waals surface area contributed by atoms with Crippen molar-refractivity contribution < 1.29 is 9.52 Å². The molecule has 49 heavy (non-hydrogen) atoms. The minimum atomic E-state index is 0.119. The van der Waals surface area contributed by atoms with E-state index in [0.717, 1.165) is 56.8 Å². The van der Waals surface area contributed by atoms with E-state index in [0.29, 0.717) is 34.1 Å². The summed E-state index contributed by atoms with van der Waals surface area (Å²) in [6.45, 7) is 4.46. The van der Waals surface area contributed by atoms with Crippen LogP contribution in [0.1, 0.15) is 19.4 Å². The lowest BCUT2D eigenvalue weighted by molar-refractivity contribution is 0.477. The van der Waals surface area contributed by atoms with Crippen LogP contribution < -0.4 is 4.90 Å². The van der Waals surface area contributed by atoms with Crippen molar-refractivity contribution in [1.29, 1.82) is 0 Å². The molecule has 0 spiro atoms. The molecule has 0 unspecified atom stereocenters. The molecule has 8 rings (SSSR count). The van der Waals surface area contributed by atoms with Gasteiger partial charge in [0.25, 0.3) is 0 Å². The standard InChI is InChI=1S/C43H34N4O2/c1-28(2)24-29-25-31(40-42-41(35-18-8-11-21-38(35)49-42)46-43(45-40)34-17-7-10-20-37(34)48)27-32(26-29)47(39-22-12-13-23-44-39)36-19-9-6-16-33(36)30-14-4-3-5-15-30/h3-23,25-28,48H,24H2,1-2H3. The lowest BCUT2D eigenvalue weighted by Gasteiger charge is -2.28. The number of hydrogen-bond donors (Lipinski definition) is 1. The molecule has 0 atom stereocenters. The fourth-order valence-corrected chi connectivity index (χ4v) is 6.51. The Balaban J connectivity index is 1.42. The van der Waals surface area contributed by atoms with Crippen LogP contribution in [0.2, 0.25) is 0 Å². The Kier molecular flexibility index (Phi) is 7.82.